The van der Waals surface area contributed by atoms with E-state index < -0.39 is 0 Å². The summed E-state index contributed by atoms with van der Waals surface area (Å²) >= 11 is 7.96. The Kier molecular flexibility index (Phi) is 4.30. The van der Waals surface area contributed by atoms with Crippen LogP contribution in [0.25, 0.3) is 0 Å². The first-order chi connectivity index (χ1) is 8.47. The number of carbonyl (C=O) groups is 1. The Morgan fingerprint density at radius 1 is 1.56 bits per heavy atom. The van der Waals surface area contributed by atoms with Crippen LogP contribution in [0.1, 0.15) is 15.2 Å². The molecule has 1 amide bonds. The summed E-state index contributed by atoms with van der Waals surface area (Å²) in [5.74, 6) is -0.143. The number of aryl methyl sites for hydroxylation is 1. The van der Waals surface area contributed by atoms with Crippen LogP contribution in [0.2, 0.25) is 5.02 Å². The number of anilines is 1. The summed E-state index contributed by atoms with van der Waals surface area (Å²) in [5.41, 5.74) is 0.589. The van der Waals surface area contributed by atoms with Crippen molar-refractivity contribution in [3.63, 3.8) is 0 Å². The maximum atomic E-state index is 12.0. The number of aromatic nitrogens is 1. The summed E-state index contributed by atoms with van der Waals surface area (Å²) in [5, 5.41) is 4.21. The Bertz CT molecular complexity index is 598. The topological polar surface area (TPSA) is 42.0 Å². The van der Waals surface area contributed by atoms with Crippen molar-refractivity contribution in [3.8, 4) is 0 Å². The van der Waals surface area contributed by atoms with Crippen molar-refractivity contribution in [1.82, 2.24) is 4.98 Å². The number of nitrogens with zero attached hydrogens (tertiary/aromatic N) is 1. The summed E-state index contributed by atoms with van der Waals surface area (Å²) in [6.07, 6.45) is 0. The monoisotopic (exact) mass is 602 g/mol. The average Bonchev–Trinajstić information content (AvgIpc) is 2.61. The van der Waals surface area contributed by atoms with Crippen LogP contribution in [-0.4, -0.2) is 66.4 Å². The molecule has 7 heteroatoms. The van der Waals surface area contributed by atoms with Crippen molar-refractivity contribution in [3.05, 3.63) is 33.7 Å². The third-order valence-electron chi connectivity index (χ3n) is 2.56. The molecule has 0 aliphatic carbocycles. The van der Waals surface area contributed by atoms with Gasteiger partial charge in [-0.25, -0.2) is 0 Å². The molecule has 0 radical (unpaired) electrons. The molecule has 0 bridgehead atoms. The predicted molar refractivity (Wildman–Crippen MR) is 71.3 cm³/mol. The Hall–Kier alpha value is -0.585. The Labute approximate surface area is 147 Å². The molecule has 83 valence electrons. The van der Waals surface area contributed by atoms with Crippen LogP contribution >= 0.6 is 22.9 Å². The number of benzene rings is 1. The molecule has 2 aromatic rings. The minimum absolute atomic E-state index is 0.143. The van der Waals surface area contributed by atoms with Crippen molar-refractivity contribution in [1.29, 1.82) is 0 Å². The second-order valence-electron chi connectivity index (χ2n) is 3.92. The van der Waals surface area contributed by atoms with Crippen LogP contribution in [0.5, 0.6) is 0 Å². The molecular formula is C11H7ClN2ORbRfS. The molecule has 1 N–H and O–H groups in total. The van der Waals surface area contributed by atoms with Gasteiger partial charge in [-0.1, -0.05) is 0 Å². The van der Waals surface area contributed by atoms with Crippen molar-refractivity contribution >= 4 is 94.3 Å². The van der Waals surface area contributed by atoms with E-state index in [1.807, 2.05) is 19.1 Å². The zero-order chi connectivity index (χ0) is 13.3. The third kappa shape index (κ3) is 3.05. The van der Waals surface area contributed by atoms with Gasteiger partial charge in [-0.05, 0) is 0 Å². The number of hydrogen-bond donors (Lipinski definition) is 1. The molecule has 18 heavy (non-hydrogen) atoms. The average molecular weight is 603 g/mol. The zero-order valence-electron chi connectivity index (χ0n) is 10.1. The van der Waals surface area contributed by atoms with Crippen LogP contribution in [0.15, 0.2) is 18.2 Å². The number of amides is 1. The fraction of sp³-hybridized carbons (Fsp3) is 0.0909. The van der Waals surface area contributed by atoms with Gasteiger partial charge in [0.1, 0.15) is 0 Å². The van der Waals surface area contributed by atoms with Crippen LogP contribution in [0.4, 0.5) is 5.13 Å². The summed E-state index contributed by atoms with van der Waals surface area (Å²) in [6.45, 7) is 2.04. The second-order valence-corrected chi connectivity index (χ2v) is 11.3. The normalized spacial score (nSPS) is 10.6. The molecule has 1 aromatic heterocycles. The molecule has 2 rings (SSSR count). The van der Waals surface area contributed by atoms with Gasteiger partial charge in [-0.15, -0.1) is 0 Å². The van der Waals surface area contributed by atoms with E-state index in [9.17, 15) is 4.79 Å². The first-order valence-electron chi connectivity index (χ1n) is 5.34. The van der Waals surface area contributed by atoms with Gasteiger partial charge in [-0.2, -0.15) is 0 Å². The number of nitrogens with one attached hydrogen (secondary N) is 1. The molecule has 0 saturated heterocycles. The molecule has 0 spiro atoms. The van der Waals surface area contributed by atoms with Gasteiger partial charge in [0.2, 0.25) is 0 Å². The van der Waals surface area contributed by atoms with Crippen molar-refractivity contribution in [2.24, 2.45) is 0 Å². The standard InChI is InChI=1S/C11H7ClN2OS.Rb.Rf/c1-7-6-13-11(16-7)14-10(15)8-3-2-4-9(12)5-8;;/h2-3,5H,1H3,(H,13,14,15);;. The molecular weight excluding hydrogens is 596 g/mol. The first kappa shape index (κ1) is 13.8. The van der Waals surface area contributed by atoms with Gasteiger partial charge in [0, 0.05) is 0 Å². The van der Waals surface area contributed by atoms with E-state index in [-0.39, 0.29) is 5.91 Å². The van der Waals surface area contributed by atoms with Gasteiger partial charge in [0.05, 0.1) is 0 Å². The molecule has 3 nitrogen and oxygen atoms in total. The quantitative estimate of drug-likeness (QED) is 0.564. The van der Waals surface area contributed by atoms with Crippen LogP contribution < -0.4 is 10.1 Å². The van der Waals surface area contributed by atoms with E-state index in [0.717, 1.165) is -1.24 Å². The van der Waals surface area contributed by atoms with Crippen LogP contribution in [0.3, 0.4) is 0 Å². The van der Waals surface area contributed by atoms with Gasteiger partial charge in [-0.3, -0.25) is 0 Å². The summed E-state index contributed by atoms with van der Waals surface area (Å²) in [4.78, 5) is 17.6. The van der Waals surface area contributed by atoms with E-state index in [4.69, 9.17) is 11.6 Å². The van der Waals surface area contributed by atoms with E-state index in [1.54, 1.807) is 6.07 Å². The van der Waals surface area contributed by atoms with E-state index in [0.29, 0.717) is 71.3 Å². The predicted octanol–water partition coefficient (Wildman–Crippen LogP) is 1.33. The van der Waals surface area contributed by atoms with Crippen molar-refractivity contribution in [2.75, 3.05) is 5.32 Å². The van der Waals surface area contributed by atoms with E-state index in [2.05, 4.69) is 10.3 Å². The van der Waals surface area contributed by atoms with Gasteiger partial charge < -0.3 is 0 Å². The van der Waals surface area contributed by atoms with Gasteiger partial charge >= 0.3 is 150 Å². The Morgan fingerprint density at radius 3 is 2.83 bits per heavy atom. The maximum absolute atomic E-state index is 12.0. The summed E-state index contributed by atoms with van der Waals surface area (Å²) in [7, 11) is 0. The first-order valence-corrected chi connectivity index (χ1v) is 12.2. The fourth-order valence-corrected chi connectivity index (χ4v) is 5.07. The molecule has 0 aliphatic rings. The Balaban J connectivity index is 2.19. The SMILES string of the molecule is Cc1sc(NC(=O)c2cc[c]([Rf])c(Cl)c2)n[c]1[Rb]. The fourth-order valence-electron chi connectivity index (χ4n) is 1.38. The summed E-state index contributed by atoms with van der Waals surface area (Å²) in [6, 6.07) is 6.65. The molecule has 1 aromatic carbocycles. The van der Waals surface area contributed by atoms with Crippen LogP contribution in [0, 0.1) is 6.92 Å². The van der Waals surface area contributed by atoms with Crippen molar-refractivity contribution < 1.29 is 4.79 Å². The summed E-state index contributed by atoms with van der Waals surface area (Å²) < 4.78 is 1.52. The van der Waals surface area contributed by atoms with Gasteiger partial charge in [0.15, 0.2) is 0 Å². The molecule has 0 atom stereocenters. The van der Waals surface area contributed by atoms with E-state index in [1.165, 1.54) is 22.3 Å². The molecule has 0 fully saturated rings. The van der Waals surface area contributed by atoms with Crippen LogP contribution in [-0.2, 0) is 0 Å². The number of rotatable bonds is 2. The number of hydrogen-bond acceptors (Lipinski definition) is 3. The molecule has 0 aliphatic heterocycles. The third-order valence-corrected chi connectivity index (χ3v) is 11.0. The zero-order valence-corrected chi connectivity index (χ0v) is 23.0. The molecule has 0 unspecified atom stereocenters. The molecule has 1 heterocycles. The second kappa shape index (κ2) is 5.59. The van der Waals surface area contributed by atoms with Gasteiger partial charge in [0.25, 0.3) is 0 Å². The number of thiazole rings is 1. The number of halogens is 1. The Morgan fingerprint density at radius 2 is 2.28 bits per heavy atom. The minimum atomic E-state index is -0.143. The van der Waals surface area contributed by atoms with Crippen molar-refractivity contribution in [2.45, 2.75) is 6.92 Å². The van der Waals surface area contributed by atoms with E-state index >= 15 is 0 Å². The number of carbonyl (C=O) groups excluding carboxylic acids is 1. The molecule has 0 saturated carbocycles.